The molecular formula is C46H74N2O6. The second-order valence-corrected chi connectivity index (χ2v) is 21.8. The molecule has 0 aromatic carbocycles. The Kier molecular flexibility index (Phi) is 10.4. The number of hydrogen-bond acceptors (Lipinski definition) is 7. The number of carbonyl (C=O) groups excluding carboxylic acids is 2. The summed E-state index contributed by atoms with van der Waals surface area (Å²) in [6, 6.07) is 0. The summed E-state index contributed by atoms with van der Waals surface area (Å²) in [6.45, 7) is 25.3. The first-order valence-corrected chi connectivity index (χ1v) is 22.1. The topological polar surface area (TPSA) is 116 Å². The molecule has 8 heteroatoms. The number of Topliss-reactive ketones (excluding diaryl/α,β-unsaturated/α-hetero) is 1. The molecule has 0 aromatic rings. The Morgan fingerprint density at radius 3 is 2.20 bits per heavy atom. The molecular weight excluding hydrogens is 677 g/mol. The molecule has 1 aliphatic heterocycles. The normalized spacial score (nSPS) is 43.4. The van der Waals surface area contributed by atoms with Gasteiger partial charge >= 0.3 is 11.9 Å². The van der Waals surface area contributed by atoms with Crippen molar-refractivity contribution in [1.29, 1.82) is 0 Å². The molecule has 3 N–H and O–H groups in total. The molecule has 0 radical (unpaired) electrons. The zero-order valence-electron chi connectivity index (χ0n) is 35.3. The van der Waals surface area contributed by atoms with E-state index in [4.69, 9.17) is 4.74 Å². The van der Waals surface area contributed by atoms with Crippen molar-refractivity contribution >= 4 is 17.7 Å². The van der Waals surface area contributed by atoms with Crippen LogP contribution >= 0.6 is 0 Å². The van der Waals surface area contributed by atoms with E-state index in [1.807, 2.05) is 13.8 Å². The largest absolute Gasteiger partial charge is 0.481 e. The highest BCUT2D eigenvalue weighted by atomic mass is 16.5. The number of fused-ring (bicyclic) bond motifs is 7. The van der Waals surface area contributed by atoms with E-state index in [-0.39, 0.29) is 51.4 Å². The number of nitrogens with zero attached hydrogens (tertiary/aromatic N) is 1. The van der Waals surface area contributed by atoms with E-state index in [9.17, 15) is 24.6 Å². The fourth-order valence-corrected chi connectivity index (χ4v) is 15.1. The number of ketones is 1. The van der Waals surface area contributed by atoms with Crippen molar-refractivity contribution in [3.05, 3.63) is 11.1 Å². The van der Waals surface area contributed by atoms with E-state index in [2.05, 4.69) is 58.7 Å². The van der Waals surface area contributed by atoms with Crippen LogP contribution in [0, 0.1) is 68.0 Å². The van der Waals surface area contributed by atoms with Crippen molar-refractivity contribution in [2.45, 2.75) is 158 Å². The number of aliphatic carboxylic acids is 1. The summed E-state index contributed by atoms with van der Waals surface area (Å²) in [6.07, 6.45) is 12.2. The summed E-state index contributed by atoms with van der Waals surface area (Å²) < 4.78 is 6.42. The summed E-state index contributed by atoms with van der Waals surface area (Å²) in [4.78, 5) is 42.0. The van der Waals surface area contributed by atoms with Gasteiger partial charge in [0.2, 0.25) is 0 Å². The Hall–Kier alpha value is -1.77. The van der Waals surface area contributed by atoms with Crippen LogP contribution in [0.2, 0.25) is 0 Å². The maximum absolute atomic E-state index is 14.1. The average molecular weight is 751 g/mol. The highest BCUT2D eigenvalue weighted by Gasteiger charge is 2.71. The molecule has 0 aromatic heterocycles. The Labute approximate surface area is 326 Å². The van der Waals surface area contributed by atoms with E-state index in [1.54, 1.807) is 0 Å². The summed E-state index contributed by atoms with van der Waals surface area (Å²) in [7, 11) is 0. The molecule has 0 spiro atoms. The van der Waals surface area contributed by atoms with Crippen LogP contribution in [-0.4, -0.2) is 77.8 Å². The summed E-state index contributed by atoms with van der Waals surface area (Å²) in [5, 5.41) is 25.5. The molecule has 1 saturated heterocycles. The number of ether oxygens (including phenoxy) is 1. The minimum absolute atomic E-state index is 0.0266. The standard InChI is InChI=1S/C46H74N2O6/c1-28(2)37-32(49)26-46(35(50)27-47-21-24-48-22-11-10-12-23-48)20-19-44(8)29(38(37)46)13-14-34-43(7)17-16-36(42(5,6)33(43)15-18-45(34,44)9)54-40(53)31-25-30(39(51)52)41(31,3)4/h28-31,33-36,47,50H,10-27H2,1-9H3,(H,51,52)/t29-,30+,31-,33+,34-,35+,36+,43+,44-,45-,46+/m1/s1. The molecule has 0 amide bonds. The molecule has 7 rings (SSSR count). The Bertz CT molecular complexity index is 1530. The monoisotopic (exact) mass is 751 g/mol. The first-order chi connectivity index (χ1) is 25.3. The number of aliphatic hydroxyl groups excluding tert-OH is 1. The Morgan fingerprint density at radius 2 is 1.56 bits per heavy atom. The average Bonchev–Trinajstić information content (AvgIpc) is 3.41. The maximum atomic E-state index is 14.1. The van der Waals surface area contributed by atoms with Crippen LogP contribution in [-0.2, 0) is 19.1 Å². The molecule has 0 unspecified atom stereocenters. The van der Waals surface area contributed by atoms with Gasteiger partial charge in [0, 0.05) is 36.9 Å². The molecule has 8 nitrogen and oxygen atoms in total. The van der Waals surface area contributed by atoms with Crippen molar-refractivity contribution in [2.24, 2.45) is 68.0 Å². The van der Waals surface area contributed by atoms with Crippen molar-refractivity contribution in [3.63, 3.8) is 0 Å². The van der Waals surface area contributed by atoms with Crippen LogP contribution in [0.5, 0.6) is 0 Å². The zero-order chi connectivity index (χ0) is 39.2. The second-order valence-electron chi connectivity index (χ2n) is 21.8. The van der Waals surface area contributed by atoms with Crippen LogP contribution in [0.1, 0.15) is 146 Å². The number of aliphatic hydroxyl groups is 1. The number of nitrogens with one attached hydrogen (secondary N) is 1. The van der Waals surface area contributed by atoms with Gasteiger partial charge in [0.15, 0.2) is 5.78 Å². The third kappa shape index (κ3) is 5.93. The second kappa shape index (κ2) is 14.0. The number of carbonyl (C=O) groups is 3. The summed E-state index contributed by atoms with van der Waals surface area (Å²) in [5.74, 6) is -0.243. The molecule has 54 heavy (non-hydrogen) atoms. The number of piperidine rings is 1. The van der Waals surface area contributed by atoms with Gasteiger partial charge in [-0.3, -0.25) is 14.4 Å². The van der Waals surface area contributed by atoms with Gasteiger partial charge in [-0.25, -0.2) is 0 Å². The van der Waals surface area contributed by atoms with Crippen LogP contribution in [0.3, 0.4) is 0 Å². The number of carboxylic acids is 1. The Balaban J connectivity index is 1.10. The van der Waals surface area contributed by atoms with Gasteiger partial charge in [-0.1, -0.05) is 74.3 Å². The van der Waals surface area contributed by atoms with E-state index in [0.29, 0.717) is 37.1 Å². The molecule has 5 saturated carbocycles. The van der Waals surface area contributed by atoms with Gasteiger partial charge in [-0.2, -0.15) is 0 Å². The first kappa shape index (κ1) is 40.4. The van der Waals surface area contributed by atoms with Crippen molar-refractivity contribution in [3.8, 4) is 0 Å². The van der Waals surface area contributed by atoms with Gasteiger partial charge in [0.25, 0.3) is 0 Å². The fraction of sp³-hybridized carbons (Fsp3) is 0.891. The van der Waals surface area contributed by atoms with Crippen molar-refractivity contribution in [2.75, 3.05) is 32.7 Å². The molecule has 304 valence electrons. The summed E-state index contributed by atoms with van der Waals surface area (Å²) >= 11 is 0. The van der Waals surface area contributed by atoms with E-state index in [1.165, 1.54) is 37.9 Å². The minimum Gasteiger partial charge on any atom is -0.481 e. The van der Waals surface area contributed by atoms with E-state index in [0.717, 1.165) is 70.0 Å². The van der Waals surface area contributed by atoms with E-state index >= 15 is 0 Å². The SMILES string of the molecule is CC(C)C1=C2[C@H]3CC[C@@H]4[C@@]5(C)CC[C@H](OC(=O)[C@H]6C[C@@H](C(=O)O)C6(C)C)C(C)(C)[C@@H]5CC[C@@]4(C)[C@]3(C)CC[C@@]2([C@@H](O)CNCCN2CCCCC2)CC1=O. The predicted molar refractivity (Wildman–Crippen MR) is 211 cm³/mol. The van der Waals surface area contributed by atoms with Crippen LogP contribution in [0.25, 0.3) is 0 Å². The molecule has 6 fully saturated rings. The Morgan fingerprint density at radius 1 is 0.852 bits per heavy atom. The molecule has 0 bridgehead atoms. The lowest BCUT2D eigenvalue weighted by Gasteiger charge is -2.72. The molecule has 1 heterocycles. The molecule has 7 aliphatic rings. The smallest absolute Gasteiger partial charge is 0.309 e. The number of allylic oxidation sites excluding steroid dienone is 1. The number of rotatable bonds is 10. The van der Waals surface area contributed by atoms with Crippen LogP contribution in [0.15, 0.2) is 11.1 Å². The molecule has 11 atom stereocenters. The van der Waals surface area contributed by atoms with Gasteiger partial charge in [-0.05, 0) is 135 Å². The zero-order valence-corrected chi connectivity index (χ0v) is 35.3. The van der Waals surface area contributed by atoms with Gasteiger partial charge in [-0.15, -0.1) is 0 Å². The third-order valence-electron chi connectivity index (χ3n) is 18.6. The minimum atomic E-state index is -0.821. The summed E-state index contributed by atoms with van der Waals surface area (Å²) in [5.41, 5.74) is 1.34. The number of esters is 1. The number of hydrogen-bond donors (Lipinski definition) is 3. The highest BCUT2D eigenvalue weighted by Crippen LogP contribution is 2.77. The maximum Gasteiger partial charge on any atom is 0.309 e. The van der Waals surface area contributed by atoms with Gasteiger partial charge < -0.3 is 25.2 Å². The first-order valence-electron chi connectivity index (χ1n) is 22.1. The number of carboxylic acid groups (broad SMARTS) is 1. The van der Waals surface area contributed by atoms with Gasteiger partial charge in [0.05, 0.1) is 17.9 Å². The number of likely N-dealkylation sites (tertiary alicyclic amines) is 1. The molecule has 6 aliphatic carbocycles. The third-order valence-corrected chi connectivity index (χ3v) is 18.6. The lowest BCUT2D eigenvalue weighted by Crippen LogP contribution is -2.66. The lowest BCUT2D eigenvalue weighted by atomic mass is 9.33. The lowest BCUT2D eigenvalue weighted by molar-refractivity contribution is -0.238. The van der Waals surface area contributed by atoms with Crippen LogP contribution < -0.4 is 5.32 Å². The quantitative estimate of drug-likeness (QED) is 0.152. The highest BCUT2D eigenvalue weighted by molar-refractivity contribution is 6.00. The van der Waals surface area contributed by atoms with Crippen LogP contribution in [0.4, 0.5) is 0 Å². The van der Waals surface area contributed by atoms with Gasteiger partial charge in [0.1, 0.15) is 6.10 Å². The fourth-order valence-electron chi connectivity index (χ4n) is 15.1. The predicted octanol–water partition coefficient (Wildman–Crippen LogP) is 8.06. The van der Waals surface area contributed by atoms with Crippen molar-refractivity contribution < 1.29 is 29.3 Å². The van der Waals surface area contributed by atoms with Crippen molar-refractivity contribution in [1.82, 2.24) is 10.2 Å². The van der Waals surface area contributed by atoms with E-state index < -0.39 is 28.8 Å².